The molecule has 1 aromatic heterocycles. The Morgan fingerprint density at radius 1 is 1.44 bits per heavy atom. The molecule has 0 saturated carbocycles. The van der Waals surface area contributed by atoms with E-state index in [2.05, 4.69) is 10.9 Å². The summed E-state index contributed by atoms with van der Waals surface area (Å²) in [6.07, 6.45) is 9.30. The molecule has 1 nitrogen and oxygen atoms in total. The predicted molar refractivity (Wildman–Crippen MR) is 54.9 cm³/mol. The van der Waals surface area contributed by atoms with E-state index in [1.807, 2.05) is 0 Å². The number of pyridine rings is 1. The van der Waals surface area contributed by atoms with Crippen molar-refractivity contribution in [1.82, 2.24) is 4.98 Å². The van der Waals surface area contributed by atoms with Crippen LogP contribution in [0.15, 0.2) is 24.4 Å². The molecule has 0 aliphatic heterocycles. The summed E-state index contributed by atoms with van der Waals surface area (Å²) in [4.78, 5) is 3.80. The average Bonchev–Trinajstić information content (AvgIpc) is 2.16. The maximum absolute atomic E-state index is 12.0. The molecule has 6 heteroatoms. The van der Waals surface area contributed by atoms with E-state index < -0.39 is 6.98 Å². The van der Waals surface area contributed by atoms with Gasteiger partial charge in [0.1, 0.15) is 0 Å². The van der Waals surface area contributed by atoms with Gasteiger partial charge in [0.05, 0.1) is 0 Å². The van der Waals surface area contributed by atoms with Crippen molar-refractivity contribution in [2.75, 3.05) is 0 Å². The second-order valence-electron chi connectivity index (χ2n) is 2.94. The van der Waals surface area contributed by atoms with Crippen molar-refractivity contribution in [3.05, 3.63) is 35.6 Å². The molecule has 1 heterocycles. The molecule has 0 aliphatic rings. The number of rotatable bonds is 3. The zero-order chi connectivity index (χ0) is 11.3. The summed E-state index contributed by atoms with van der Waals surface area (Å²) >= 11 is 0. The van der Waals surface area contributed by atoms with Gasteiger partial charge in [-0.25, -0.2) is 0 Å². The van der Waals surface area contributed by atoms with Crippen LogP contribution in [0.25, 0.3) is 6.08 Å². The van der Waals surface area contributed by atoms with Crippen LogP contribution in [0.5, 0.6) is 0 Å². The zero-order valence-electron chi connectivity index (χ0n) is 8.83. The molecule has 0 aliphatic carbocycles. The first kappa shape index (κ1) is 15.9. The van der Waals surface area contributed by atoms with Gasteiger partial charge in [0.2, 0.25) is 0 Å². The molecule has 0 saturated heterocycles. The molecule has 0 amide bonds. The Hall–Kier alpha value is -0.0587. The Balaban J connectivity index is 0.00000225. The Labute approximate surface area is 135 Å². The van der Waals surface area contributed by atoms with Crippen LogP contribution in [0.4, 0.5) is 12.9 Å². The third-order valence-electron chi connectivity index (χ3n) is 1.73. The van der Waals surface area contributed by atoms with E-state index in [1.165, 1.54) is 18.5 Å². The molecule has 0 unspecified atom stereocenters. The monoisotopic (exact) mass is 249 g/mol. The first-order chi connectivity index (χ1) is 7.03. The van der Waals surface area contributed by atoms with Gasteiger partial charge in [-0.05, 0) is 17.2 Å². The minimum Gasteiger partial charge on any atom is -0.445 e. The quantitative estimate of drug-likeness (QED) is 0.527. The van der Waals surface area contributed by atoms with Gasteiger partial charge in [0.15, 0.2) is 0 Å². The molecule has 0 aromatic carbocycles. The Morgan fingerprint density at radius 2 is 2.12 bits per heavy atom. The van der Waals surface area contributed by atoms with Gasteiger partial charge in [-0.3, -0.25) is 4.98 Å². The third-order valence-corrected chi connectivity index (χ3v) is 1.73. The van der Waals surface area contributed by atoms with Crippen molar-refractivity contribution in [3.63, 3.8) is 0 Å². The van der Waals surface area contributed by atoms with E-state index >= 15 is 0 Å². The molecule has 0 atom stereocenters. The summed E-state index contributed by atoms with van der Waals surface area (Å²) in [6.45, 7) is -4.91. The number of hydrogen-bond acceptors (Lipinski definition) is 1. The first-order valence-electron chi connectivity index (χ1n) is 4.28. The van der Waals surface area contributed by atoms with E-state index in [1.54, 1.807) is 0 Å². The standard InChI is InChI=1S/C10H8BF3N.K/c1-2-3-10-8-15-7-5-9(10)4-6-11(12,13)14;/h1,4-8H,3H2;/q-1;+1/b6-4+;. The van der Waals surface area contributed by atoms with Crippen LogP contribution < -0.4 is 51.4 Å². The fourth-order valence-electron chi connectivity index (χ4n) is 1.07. The van der Waals surface area contributed by atoms with Gasteiger partial charge < -0.3 is 12.9 Å². The number of hydrogen-bond donors (Lipinski definition) is 0. The molecule has 1 rings (SSSR count). The first-order valence-corrected chi connectivity index (χ1v) is 4.28. The molecular weight excluding hydrogens is 241 g/mol. The molecule has 0 spiro atoms. The van der Waals surface area contributed by atoms with Crippen LogP contribution in [0.1, 0.15) is 11.1 Å². The molecule has 78 valence electrons. The summed E-state index contributed by atoms with van der Waals surface area (Å²) in [5, 5.41) is 0. The number of halogens is 3. The summed E-state index contributed by atoms with van der Waals surface area (Å²) in [5.41, 5.74) is 1.08. The summed E-state index contributed by atoms with van der Waals surface area (Å²) in [5.74, 6) is 2.62. The van der Waals surface area contributed by atoms with Crippen molar-refractivity contribution in [1.29, 1.82) is 0 Å². The van der Waals surface area contributed by atoms with E-state index in [-0.39, 0.29) is 63.8 Å². The van der Waals surface area contributed by atoms with Gasteiger partial charge in [0, 0.05) is 18.8 Å². The number of terminal acetylenes is 1. The van der Waals surface area contributed by atoms with Crippen LogP contribution in [0, 0.1) is 12.3 Å². The van der Waals surface area contributed by atoms with Crippen LogP contribution in [0.3, 0.4) is 0 Å². The molecule has 1 aromatic rings. The van der Waals surface area contributed by atoms with Crippen molar-refractivity contribution in [3.8, 4) is 12.3 Å². The van der Waals surface area contributed by atoms with Crippen molar-refractivity contribution >= 4 is 13.1 Å². The van der Waals surface area contributed by atoms with Gasteiger partial charge in [0.25, 0.3) is 0 Å². The predicted octanol–water partition coefficient (Wildman–Crippen LogP) is -0.339. The normalized spacial score (nSPS) is 10.9. The summed E-state index contributed by atoms with van der Waals surface area (Å²) in [7, 11) is 0. The van der Waals surface area contributed by atoms with Crippen molar-refractivity contribution in [2.24, 2.45) is 0 Å². The minimum absolute atomic E-state index is 0. The summed E-state index contributed by atoms with van der Waals surface area (Å²) in [6, 6.07) is 1.50. The average molecular weight is 249 g/mol. The number of nitrogens with zero attached hydrogens (tertiary/aromatic N) is 1. The molecule has 0 bridgehead atoms. The van der Waals surface area contributed by atoms with Gasteiger partial charge in [-0.15, -0.1) is 18.3 Å². The Morgan fingerprint density at radius 3 is 2.69 bits per heavy atom. The van der Waals surface area contributed by atoms with E-state index in [4.69, 9.17) is 6.42 Å². The topological polar surface area (TPSA) is 12.9 Å². The van der Waals surface area contributed by atoms with Crippen LogP contribution in [0.2, 0.25) is 0 Å². The Kier molecular flexibility index (Phi) is 7.28. The van der Waals surface area contributed by atoms with Crippen molar-refractivity contribution < 1.29 is 64.3 Å². The van der Waals surface area contributed by atoms with Gasteiger partial charge >= 0.3 is 58.4 Å². The van der Waals surface area contributed by atoms with Crippen molar-refractivity contribution in [2.45, 2.75) is 6.42 Å². The van der Waals surface area contributed by atoms with Crippen LogP contribution >= 0.6 is 0 Å². The van der Waals surface area contributed by atoms with E-state index in [9.17, 15) is 12.9 Å². The Bertz CT molecular complexity index is 409. The second-order valence-corrected chi connectivity index (χ2v) is 2.94. The maximum Gasteiger partial charge on any atom is 1.00 e. The molecule has 16 heavy (non-hydrogen) atoms. The van der Waals surface area contributed by atoms with Gasteiger partial charge in [-0.2, -0.15) is 0 Å². The molecule has 0 radical (unpaired) electrons. The fourth-order valence-corrected chi connectivity index (χ4v) is 1.07. The fraction of sp³-hybridized carbons (Fsp3) is 0.100. The zero-order valence-corrected chi connectivity index (χ0v) is 12.0. The minimum atomic E-state index is -4.91. The largest absolute Gasteiger partial charge is 1.00 e. The van der Waals surface area contributed by atoms with Crippen LogP contribution in [-0.4, -0.2) is 12.0 Å². The van der Waals surface area contributed by atoms with Crippen LogP contribution in [-0.2, 0) is 6.42 Å². The third kappa shape index (κ3) is 5.87. The number of aromatic nitrogens is 1. The molecule has 0 N–H and O–H groups in total. The molecular formula is C10H8BF3KN. The second kappa shape index (κ2) is 7.30. The summed E-state index contributed by atoms with van der Waals surface area (Å²) < 4.78 is 35.9. The SMILES string of the molecule is C#CCc1cnccc1/C=C/[B-](F)(F)F.[K+]. The van der Waals surface area contributed by atoms with Gasteiger partial charge in [-0.1, -0.05) is 6.08 Å². The molecule has 0 fully saturated rings. The van der Waals surface area contributed by atoms with E-state index in [0.29, 0.717) is 11.1 Å². The van der Waals surface area contributed by atoms with E-state index in [0.717, 1.165) is 6.08 Å². The maximum atomic E-state index is 12.0. The smallest absolute Gasteiger partial charge is 0.445 e.